The molecule has 1 aromatic heterocycles. The summed E-state index contributed by atoms with van der Waals surface area (Å²) in [6.07, 6.45) is 3.03. The van der Waals surface area contributed by atoms with Crippen molar-refractivity contribution in [1.82, 2.24) is 15.5 Å². The third-order valence-corrected chi connectivity index (χ3v) is 3.79. The van der Waals surface area contributed by atoms with Gasteiger partial charge in [0.2, 0.25) is 0 Å². The first-order valence-electron chi connectivity index (χ1n) is 8.78. The Kier molecular flexibility index (Phi) is 10.1. The summed E-state index contributed by atoms with van der Waals surface area (Å²) in [5.41, 5.74) is 0. The number of furan rings is 1. The Morgan fingerprint density at radius 3 is 2.32 bits per heavy atom. The molecule has 2 rings (SSSR count). The first kappa shape index (κ1) is 23.0. The highest BCUT2D eigenvalue weighted by molar-refractivity contribution is 6.27. The number of piperidine rings is 1. The van der Waals surface area contributed by atoms with Gasteiger partial charge in [-0.2, -0.15) is 0 Å². The van der Waals surface area contributed by atoms with Gasteiger partial charge < -0.3 is 34.9 Å². The number of rotatable bonds is 6. The molecule has 11 nitrogen and oxygen atoms in total. The number of amides is 2. The van der Waals surface area contributed by atoms with E-state index < -0.39 is 11.9 Å². The summed E-state index contributed by atoms with van der Waals surface area (Å²) in [5, 5.41) is 21.0. The zero-order chi connectivity index (χ0) is 20.9. The lowest BCUT2D eigenvalue weighted by Crippen LogP contribution is -2.46. The van der Waals surface area contributed by atoms with Crippen molar-refractivity contribution in [3.8, 4) is 0 Å². The van der Waals surface area contributed by atoms with Gasteiger partial charge in [0.05, 0.1) is 12.9 Å². The van der Waals surface area contributed by atoms with Crippen LogP contribution in [-0.4, -0.2) is 77.9 Å². The minimum atomic E-state index is -1.82. The van der Waals surface area contributed by atoms with Crippen molar-refractivity contribution in [3.63, 3.8) is 0 Å². The molecule has 28 heavy (non-hydrogen) atoms. The molecule has 0 spiro atoms. The van der Waals surface area contributed by atoms with Crippen LogP contribution in [0.15, 0.2) is 22.8 Å². The summed E-state index contributed by atoms with van der Waals surface area (Å²) in [6.45, 7) is 4.86. The van der Waals surface area contributed by atoms with E-state index in [-0.39, 0.29) is 12.0 Å². The first-order chi connectivity index (χ1) is 13.3. The molecule has 0 aromatic carbocycles. The fraction of sp³-hybridized carbons (Fsp3) is 0.529. The van der Waals surface area contributed by atoms with Gasteiger partial charge in [-0.1, -0.05) is 0 Å². The second-order valence-electron chi connectivity index (χ2n) is 5.76. The van der Waals surface area contributed by atoms with Crippen LogP contribution in [-0.2, 0) is 14.3 Å². The number of nitrogens with zero attached hydrogens (tertiary/aromatic N) is 1. The molecule has 1 fully saturated rings. The van der Waals surface area contributed by atoms with Crippen LogP contribution in [0.4, 0.5) is 4.79 Å². The zero-order valence-electron chi connectivity index (χ0n) is 15.6. The summed E-state index contributed by atoms with van der Waals surface area (Å²) >= 11 is 0. The van der Waals surface area contributed by atoms with Crippen molar-refractivity contribution >= 4 is 23.9 Å². The molecule has 1 aromatic rings. The number of carboxylic acid groups (broad SMARTS) is 2. The third kappa shape index (κ3) is 8.54. The molecule has 156 valence electrons. The Morgan fingerprint density at radius 2 is 1.82 bits per heavy atom. The fourth-order valence-electron chi connectivity index (χ4n) is 2.43. The fourth-order valence-corrected chi connectivity index (χ4v) is 2.43. The van der Waals surface area contributed by atoms with E-state index in [4.69, 9.17) is 29.0 Å². The molecule has 0 aliphatic carbocycles. The maximum atomic E-state index is 11.6. The van der Waals surface area contributed by atoms with Crippen LogP contribution in [0.25, 0.3) is 0 Å². The number of carbonyl (C=O) groups excluding carboxylic acids is 2. The lowest BCUT2D eigenvalue weighted by Gasteiger charge is -2.31. The van der Waals surface area contributed by atoms with Crippen LogP contribution >= 0.6 is 0 Å². The number of ether oxygens (including phenoxy) is 1. The summed E-state index contributed by atoms with van der Waals surface area (Å²) < 4.78 is 10.0. The number of carbonyl (C=O) groups is 4. The van der Waals surface area contributed by atoms with E-state index in [0.29, 0.717) is 44.6 Å². The van der Waals surface area contributed by atoms with E-state index in [1.54, 1.807) is 17.0 Å². The van der Waals surface area contributed by atoms with E-state index in [9.17, 15) is 9.59 Å². The topological polar surface area (TPSA) is 158 Å². The number of hydrogen-bond donors (Lipinski definition) is 4. The smallest absolute Gasteiger partial charge is 0.414 e. The van der Waals surface area contributed by atoms with Crippen molar-refractivity contribution in [2.24, 2.45) is 0 Å². The summed E-state index contributed by atoms with van der Waals surface area (Å²) in [5.74, 6) is -3.53. The monoisotopic (exact) mass is 399 g/mol. The highest BCUT2D eigenvalue weighted by atomic mass is 16.6. The molecule has 0 atom stereocenters. The molecular weight excluding hydrogens is 374 g/mol. The minimum Gasteiger partial charge on any atom is -0.473 e. The van der Waals surface area contributed by atoms with E-state index in [1.165, 1.54) is 6.26 Å². The quantitative estimate of drug-likeness (QED) is 0.392. The maximum Gasteiger partial charge on any atom is 0.414 e. The number of nitrogens with one attached hydrogen (secondary N) is 2. The molecule has 1 saturated heterocycles. The number of likely N-dealkylation sites (tertiary alicyclic amines) is 1. The van der Waals surface area contributed by atoms with Crippen LogP contribution in [0.5, 0.6) is 0 Å². The second kappa shape index (κ2) is 12.3. The molecule has 1 aliphatic heterocycles. The first-order valence-corrected chi connectivity index (χ1v) is 8.78. The highest BCUT2D eigenvalue weighted by Gasteiger charge is 2.23. The molecule has 2 amide bonds. The summed E-state index contributed by atoms with van der Waals surface area (Å²) in [4.78, 5) is 43.2. The Morgan fingerprint density at radius 1 is 1.18 bits per heavy atom. The van der Waals surface area contributed by atoms with Gasteiger partial charge >= 0.3 is 18.0 Å². The Hall–Kier alpha value is -3.08. The molecule has 0 unspecified atom stereocenters. The van der Waals surface area contributed by atoms with Gasteiger partial charge in [-0.05, 0) is 31.9 Å². The normalized spacial score (nSPS) is 13.8. The molecule has 4 N–H and O–H groups in total. The van der Waals surface area contributed by atoms with Crippen LogP contribution in [0.2, 0.25) is 0 Å². The Bertz CT molecular complexity index is 627. The van der Waals surface area contributed by atoms with E-state index >= 15 is 0 Å². The third-order valence-electron chi connectivity index (χ3n) is 3.79. The van der Waals surface area contributed by atoms with E-state index in [0.717, 1.165) is 12.8 Å². The van der Waals surface area contributed by atoms with Gasteiger partial charge in [0, 0.05) is 32.2 Å². The van der Waals surface area contributed by atoms with E-state index in [1.807, 2.05) is 6.92 Å². The predicted molar refractivity (Wildman–Crippen MR) is 95.9 cm³/mol. The van der Waals surface area contributed by atoms with Crippen LogP contribution in [0.1, 0.15) is 30.3 Å². The van der Waals surface area contributed by atoms with Crippen molar-refractivity contribution in [2.45, 2.75) is 25.8 Å². The molecule has 0 bridgehead atoms. The Balaban J connectivity index is 0.000000568. The SMILES string of the molecule is CCOC(=O)N1CCC(NCCNC(=O)c2ccco2)CC1.O=C(O)C(=O)O. The van der Waals surface area contributed by atoms with Gasteiger partial charge in [0.1, 0.15) is 0 Å². The molecule has 0 saturated carbocycles. The predicted octanol–water partition coefficient (Wildman–Crippen LogP) is 0.376. The largest absolute Gasteiger partial charge is 0.473 e. The lowest BCUT2D eigenvalue weighted by molar-refractivity contribution is -0.159. The van der Waals surface area contributed by atoms with Crippen molar-refractivity contribution in [1.29, 1.82) is 0 Å². The van der Waals surface area contributed by atoms with Gasteiger partial charge in [-0.15, -0.1) is 0 Å². The zero-order valence-corrected chi connectivity index (χ0v) is 15.6. The van der Waals surface area contributed by atoms with Gasteiger partial charge in [0.15, 0.2) is 5.76 Å². The van der Waals surface area contributed by atoms with Crippen molar-refractivity contribution in [3.05, 3.63) is 24.2 Å². The van der Waals surface area contributed by atoms with Crippen LogP contribution in [0, 0.1) is 0 Å². The summed E-state index contributed by atoms with van der Waals surface area (Å²) in [7, 11) is 0. The van der Waals surface area contributed by atoms with Gasteiger partial charge in [-0.3, -0.25) is 4.79 Å². The highest BCUT2D eigenvalue weighted by Crippen LogP contribution is 2.11. The molecular formula is C17H25N3O8. The number of aliphatic carboxylic acids is 2. The average Bonchev–Trinajstić information content (AvgIpc) is 3.21. The minimum absolute atomic E-state index is 0.205. The number of hydrogen-bond acceptors (Lipinski definition) is 7. The van der Waals surface area contributed by atoms with Gasteiger partial charge in [0.25, 0.3) is 5.91 Å². The van der Waals surface area contributed by atoms with Gasteiger partial charge in [-0.25, -0.2) is 14.4 Å². The second-order valence-corrected chi connectivity index (χ2v) is 5.76. The van der Waals surface area contributed by atoms with Crippen molar-refractivity contribution in [2.75, 3.05) is 32.8 Å². The molecule has 0 radical (unpaired) electrons. The van der Waals surface area contributed by atoms with E-state index in [2.05, 4.69) is 10.6 Å². The average molecular weight is 399 g/mol. The standard InChI is InChI=1S/C15H23N3O4.C2H2O4/c1-2-21-15(20)18-9-5-12(6-10-18)16-7-8-17-14(19)13-4-3-11-22-13;3-1(4)2(5)6/h3-4,11-12,16H,2,5-10H2,1H3,(H,17,19);(H,3,4)(H,5,6). The van der Waals surface area contributed by atoms with Crippen molar-refractivity contribution < 1.29 is 38.5 Å². The Labute approximate surface area is 161 Å². The van der Waals surface area contributed by atoms with Crippen LogP contribution < -0.4 is 10.6 Å². The lowest BCUT2D eigenvalue weighted by atomic mass is 10.1. The maximum absolute atomic E-state index is 11.6. The molecule has 1 aliphatic rings. The molecule has 11 heteroatoms. The number of carboxylic acids is 2. The van der Waals surface area contributed by atoms with Crippen LogP contribution in [0.3, 0.4) is 0 Å². The summed E-state index contributed by atoms with van der Waals surface area (Å²) in [6, 6.07) is 3.68. The molecule has 2 heterocycles.